The number of para-hydroxylation sites is 1. The summed E-state index contributed by atoms with van der Waals surface area (Å²) in [6.45, 7) is -0.414. The van der Waals surface area contributed by atoms with Crippen molar-refractivity contribution in [1.29, 1.82) is 0 Å². The zero-order valence-electron chi connectivity index (χ0n) is 18.9. The van der Waals surface area contributed by atoms with Crippen molar-refractivity contribution in [2.24, 2.45) is 0 Å². The third-order valence-corrected chi connectivity index (χ3v) is 6.28. The molecule has 1 aromatic heterocycles. The fourth-order valence-corrected chi connectivity index (χ4v) is 4.42. The zero-order chi connectivity index (χ0) is 23.5. The van der Waals surface area contributed by atoms with E-state index in [0.29, 0.717) is 16.8 Å². The van der Waals surface area contributed by atoms with Gasteiger partial charge in [0.1, 0.15) is 0 Å². The summed E-state index contributed by atoms with van der Waals surface area (Å²) in [6.07, 6.45) is 6.77. The average molecular weight is 458 g/mol. The third-order valence-electron chi connectivity index (χ3n) is 6.28. The smallest absolute Gasteiger partial charge is 0.339 e. The highest BCUT2D eigenvalue weighted by atomic mass is 16.5. The number of anilines is 1. The first-order chi connectivity index (χ1) is 16.6. The Bertz CT molecular complexity index is 1270. The number of fused-ring (bicyclic) bond motifs is 2. The van der Waals surface area contributed by atoms with Gasteiger partial charge < -0.3 is 15.4 Å². The predicted molar refractivity (Wildman–Crippen MR) is 129 cm³/mol. The van der Waals surface area contributed by atoms with Crippen molar-refractivity contribution in [3.63, 3.8) is 0 Å². The molecule has 7 nitrogen and oxygen atoms in total. The Morgan fingerprint density at radius 3 is 2.65 bits per heavy atom. The molecule has 34 heavy (non-hydrogen) atoms. The molecule has 174 valence electrons. The number of aromatic nitrogens is 1. The number of hydrogen-bond acceptors (Lipinski definition) is 5. The lowest BCUT2D eigenvalue weighted by Crippen LogP contribution is -2.25. The Morgan fingerprint density at radius 2 is 1.79 bits per heavy atom. The monoisotopic (exact) mass is 457 g/mol. The maximum atomic E-state index is 13.2. The zero-order valence-corrected chi connectivity index (χ0v) is 18.9. The second-order valence-corrected chi connectivity index (χ2v) is 8.94. The summed E-state index contributed by atoms with van der Waals surface area (Å²) in [6, 6.07) is 14.5. The maximum Gasteiger partial charge on any atom is 0.339 e. The first kappa shape index (κ1) is 22.1. The van der Waals surface area contributed by atoms with Gasteiger partial charge in [-0.2, -0.15) is 0 Å². The van der Waals surface area contributed by atoms with Crippen LogP contribution in [-0.4, -0.2) is 35.4 Å². The molecule has 2 aliphatic rings. The molecule has 0 aliphatic heterocycles. The number of benzene rings is 2. The van der Waals surface area contributed by atoms with E-state index < -0.39 is 18.5 Å². The van der Waals surface area contributed by atoms with Crippen molar-refractivity contribution >= 4 is 34.4 Å². The minimum atomic E-state index is -0.510. The molecule has 2 amide bonds. The Morgan fingerprint density at radius 1 is 0.971 bits per heavy atom. The number of aryl methyl sites for hydroxylation is 1. The average Bonchev–Trinajstić information content (AvgIpc) is 3.68. The number of hydrogen-bond donors (Lipinski definition) is 2. The van der Waals surface area contributed by atoms with Crippen LogP contribution in [0, 0.1) is 0 Å². The van der Waals surface area contributed by atoms with E-state index in [1.54, 1.807) is 24.3 Å². The van der Waals surface area contributed by atoms with Crippen LogP contribution >= 0.6 is 0 Å². The molecule has 0 spiro atoms. The number of amides is 2. The van der Waals surface area contributed by atoms with Gasteiger partial charge >= 0.3 is 5.97 Å². The second-order valence-electron chi connectivity index (χ2n) is 8.94. The molecule has 2 aliphatic carbocycles. The van der Waals surface area contributed by atoms with E-state index in [9.17, 15) is 14.4 Å². The minimum absolute atomic E-state index is 0.157. The molecule has 2 aromatic carbocycles. The second kappa shape index (κ2) is 9.63. The van der Waals surface area contributed by atoms with Crippen molar-refractivity contribution in [2.45, 2.75) is 51.0 Å². The number of esters is 1. The quantitative estimate of drug-likeness (QED) is 0.427. The van der Waals surface area contributed by atoms with Crippen molar-refractivity contribution in [2.75, 3.05) is 11.9 Å². The number of ether oxygens (including phenoxy) is 1. The van der Waals surface area contributed by atoms with Crippen LogP contribution in [0.4, 0.5) is 5.69 Å². The molecule has 1 fully saturated rings. The van der Waals surface area contributed by atoms with Crippen LogP contribution in [0.15, 0.2) is 48.5 Å². The predicted octanol–water partition coefficient (Wildman–Crippen LogP) is 4.19. The topological polar surface area (TPSA) is 97.4 Å². The van der Waals surface area contributed by atoms with Gasteiger partial charge in [-0.1, -0.05) is 30.7 Å². The molecule has 1 heterocycles. The molecular formula is C27H27N3O4. The largest absolute Gasteiger partial charge is 0.452 e. The summed E-state index contributed by atoms with van der Waals surface area (Å²) >= 11 is 0. The molecule has 7 heteroatoms. The fourth-order valence-electron chi connectivity index (χ4n) is 4.42. The van der Waals surface area contributed by atoms with Crippen LogP contribution in [-0.2, 0) is 22.4 Å². The van der Waals surface area contributed by atoms with Crippen LogP contribution in [0.5, 0.6) is 0 Å². The number of pyridine rings is 1. The van der Waals surface area contributed by atoms with Gasteiger partial charge in [0.15, 0.2) is 6.61 Å². The van der Waals surface area contributed by atoms with Gasteiger partial charge in [-0.15, -0.1) is 0 Å². The van der Waals surface area contributed by atoms with E-state index in [2.05, 4.69) is 10.6 Å². The lowest BCUT2D eigenvalue weighted by Gasteiger charge is -2.15. The van der Waals surface area contributed by atoms with E-state index in [4.69, 9.17) is 9.72 Å². The Kier molecular flexibility index (Phi) is 6.25. The molecule has 0 radical (unpaired) electrons. The molecule has 0 unspecified atom stereocenters. The van der Waals surface area contributed by atoms with E-state index in [0.717, 1.165) is 67.1 Å². The Labute approximate surface area is 197 Å². The number of carbonyl (C=O) groups excluding carboxylic acids is 3. The molecule has 0 atom stereocenters. The van der Waals surface area contributed by atoms with Gasteiger partial charge in [-0.3, -0.25) is 14.6 Å². The van der Waals surface area contributed by atoms with Crippen molar-refractivity contribution in [3.8, 4) is 0 Å². The number of rotatable bonds is 6. The highest BCUT2D eigenvalue weighted by Gasteiger charge is 2.25. The highest BCUT2D eigenvalue weighted by Crippen LogP contribution is 2.29. The summed E-state index contributed by atoms with van der Waals surface area (Å²) in [5, 5.41) is 6.39. The lowest BCUT2D eigenvalue weighted by atomic mass is 9.97. The van der Waals surface area contributed by atoms with Gasteiger partial charge in [0.2, 0.25) is 0 Å². The fraction of sp³-hybridized carbons (Fsp3) is 0.333. The van der Waals surface area contributed by atoms with E-state index in [1.165, 1.54) is 0 Å². The number of nitrogens with one attached hydrogen (secondary N) is 2. The van der Waals surface area contributed by atoms with Crippen LogP contribution in [0.2, 0.25) is 0 Å². The van der Waals surface area contributed by atoms with Crippen LogP contribution in [0.25, 0.3) is 10.9 Å². The number of carbonyl (C=O) groups is 3. The van der Waals surface area contributed by atoms with E-state index >= 15 is 0 Å². The summed E-state index contributed by atoms with van der Waals surface area (Å²) in [4.78, 5) is 42.7. The van der Waals surface area contributed by atoms with E-state index in [-0.39, 0.29) is 11.9 Å². The normalized spacial score (nSPS) is 15.2. The summed E-state index contributed by atoms with van der Waals surface area (Å²) in [5.41, 5.74) is 4.14. The highest BCUT2D eigenvalue weighted by molar-refractivity contribution is 6.06. The first-order valence-electron chi connectivity index (χ1n) is 11.9. The van der Waals surface area contributed by atoms with Gasteiger partial charge in [0.25, 0.3) is 11.8 Å². The van der Waals surface area contributed by atoms with Crippen LogP contribution in [0.1, 0.15) is 64.1 Å². The SMILES string of the molecule is O=C(COC(=O)c1c2c(nc3ccccc13)CCCCC2)Nc1cccc(C(=O)NC2CC2)c1. The van der Waals surface area contributed by atoms with Gasteiger partial charge in [-0.05, 0) is 68.4 Å². The molecule has 2 N–H and O–H groups in total. The molecule has 1 saturated carbocycles. The third kappa shape index (κ3) is 4.93. The Balaban J connectivity index is 1.29. The molecule has 3 aromatic rings. The van der Waals surface area contributed by atoms with Crippen molar-refractivity contribution < 1.29 is 19.1 Å². The summed E-state index contributed by atoms with van der Waals surface area (Å²) < 4.78 is 5.46. The van der Waals surface area contributed by atoms with Crippen LogP contribution in [0.3, 0.4) is 0 Å². The molecule has 5 rings (SSSR count). The van der Waals surface area contributed by atoms with Gasteiger partial charge in [0.05, 0.1) is 11.1 Å². The molecule has 0 saturated heterocycles. The maximum absolute atomic E-state index is 13.2. The van der Waals surface area contributed by atoms with Gasteiger partial charge in [0, 0.05) is 28.4 Å². The lowest BCUT2D eigenvalue weighted by molar-refractivity contribution is -0.119. The Hall–Kier alpha value is -3.74. The van der Waals surface area contributed by atoms with Crippen molar-refractivity contribution in [1.82, 2.24) is 10.3 Å². The number of nitrogens with zero attached hydrogens (tertiary/aromatic N) is 1. The summed E-state index contributed by atoms with van der Waals surface area (Å²) in [5.74, 6) is -1.13. The van der Waals surface area contributed by atoms with E-state index in [1.807, 2.05) is 24.3 Å². The summed E-state index contributed by atoms with van der Waals surface area (Å²) in [7, 11) is 0. The van der Waals surface area contributed by atoms with Crippen LogP contribution < -0.4 is 10.6 Å². The standard InChI is InChI=1S/C27H27N3O4/c31-24(28-19-8-6-7-17(15-19)26(32)29-18-13-14-18)16-34-27(33)25-20-9-2-1-3-11-22(20)30-23-12-5-4-10-21(23)25/h4-8,10,12,15,18H,1-3,9,11,13-14,16H2,(H,28,31)(H,29,32). The molecular weight excluding hydrogens is 430 g/mol. The molecule has 0 bridgehead atoms. The van der Waals surface area contributed by atoms with Crippen molar-refractivity contribution in [3.05, 3.63) is 70.9 Å². The first-order valence-corrected chi connectivity index (χ1v) is 11.9. The van der Waals surface area contributed by atoms with Gasteiger partial charge in [-0.25, -0.2) is 4.79 Å². The minimum Gasteiger partial charge on any atom is -0.452 e.